The van der Waals surface area contributed by atoms with E-state index < -0.39 is 0 Å². The molecule has 1 fully saturated rings. The Bertz CT molecular complexity index is 823. The standard InChI is InChI=1S/C19H23N3O4S.ClH/c20-6-3-17-22-14(10-27-17)18(23)21-11-19(4-7-24-8-5-19)13-1-2-15-16(9-13)26-12-25-15;/h1-2,9-10H,3-8,11-12,20H2,(H,21,23);1H. The number of nitrogens with one attached hydrogen (secondary N) is 1. The van der Waals surface area contributed by atoms with E-state index >= 15 is 0 Å². The number of benzene rings is 1. The van der Waals surface area contributed by atoms with E-state index in [0.29, 0.717) is 38.4 Å². The number of ether oxygens (including phenoxy) is 3. The quantitative estimate of drug-likeness (QED) is 0.737. The van der Waals surface area contributed by atoms with Crippen molar-refractivity contribution in [3.63, 3.8) is 0 Å². The molecule has 0 unspecified atom stereocenters. The van der Waals surface area contributed by atoms with Crippen molar-refractivity contribution in [2.75, 3.05) is 33.1 Å². The fourth-order valence-electron chi connectivity index (χ4n) is 3.55. The third-order valence-electron chi connectivity index (χ3n) is 5.16. The molecular formula is C19H24ClN3O4S. The number of amides is 1. The number of hydrogen-bond acceptors (Lipinski definition) is 7. The molecule has 0 spiro atoms. The largest absolute Gasteiger partial charge is 0.454 e. The van der Waals surface area contributed by atoms with Crippen LogP contribution in [0.5, 0.6) is 11.5 Å². The molecule has 1 aromatic heterocycles. The van der Waals surface area contributed by atoms with Crippen molar-refractivity contribution in [2.45, 2.75) is 24.7 Å². The Hall–Kier alpha value is -1.87. The number of aromatic nitrogens is 1. The molecule has 3 heterocycles. The molecule has 3 N–H and O–H groups in total. The third-order valence-corrected chi connectivity index (χ3v) is 6.07. The summed E-state index contributed by atoms with van der Waals surface area (Å²) < 4.78 is 16.5. The van der Waals surface area contributed by atoms with Gasteiger partial charge in [0.1, 0.15) is 5.69 Å². The first-order valence-corrected chi connectivity index (χ1v) is 9.99. The van der Waals surface area contributed by atoms with Crippen LogP contribution >= 0.6 is 23.7 Å². The topological polar surface area (TPSA) is 95.7 Å². The molecule has 9 heteroatoms. The summed E-state index contributed by atoms with van der Waals surface area (Å²) in [6.45, 7) is 2.64. The van der Waals surface area contributed by atoms with E-state index in [4.69, 9.17) is 19.9 Å². The normalized spacial score (nSPS) is 17.0. The molecule has 2 aliphatic rings. The third kappa shape index (κ3) is 4.25. The number of nitrogens with two attached hydrogens (primary N) is 1. The minimum atomic E-state index is -0.189. The van der Waals surface area contributed by atoms with Crippen LogP contribution in [-0.4, -0.2) is 44.0 Å². The first-order chi connectivity index (χ1) is 13.2. The molecule has 152 valence electrons. The van der Waals surface area contributed by atoms with Gasteiger partial charge in [0.15, 0.2) is 11.5 Å². The Morgan fingerprint density at radius 2 is 2.04 bits per heavy atom. The fourth-order valence-corrected chi connectivity index (χ4v) is 4.34. The SMILES string of the molecule is Cl.NCCc1nc(C(=O)NCC2(c3ccc4c(c3)OCO4)CCOCC2)cs1. The van der Waals surface area contributed by atoms with Gasteiger partial charge in [0.05, 0.1) is 5.01 Å². The van der Waals surface area contributed by atoms with Crippen LogP contribution in [0.3, 0.4) is 0 Å². The van der Waals surface area contributed by atoms with Gasteiger partial charge >= 0.3 is 0 Å². The smallest absolute Gasteiger partial charge is 0.270 e. The molecule has 0 saturated carbocycles. The highest BCUT2D eigenvalue weighted by molar-refractivity contribution is 7.09. The summed E-state index contributed by atoms with van der Waals surface area (Å²) in [4.78, 5) is 17.0. The van der Waals surface area contributed by atoms with Gasteiger partial charge in [-0.3, -0.25) is 4.79 Å². The Morgan fingerprint density at radius 3 is 2.82 bits per heavy atom. The van der Waals surface area contributed by atoms with Gasteiger partial charge in [-0.1, -0.05) is 6.07 Å². The lowest BCUT2D eigenvalue weighted by atomic mass is 9.74. The highest BCUT2D eigenvalue weighted by Crippen LogP contribution is 2.40. The Labute approximate surface area is 174 Å². The second kappa shape index (κ2) is 9.09. The van der Waals surface area contributed by atoms with E-state index in [1.54, 1.807) is 5.38 Å². The van der Waals surface area contributed by atoms with E-state index in [-0.39, 0.29) is 30.5 Å². The Kier molecular flexibility index (Phi) is 6.77. The number of fused-ring (bicyclic) bond motifs is 1. The first kappa shape index (κ1) is 20.9. The second-order valence-electron chi connectivity index (χ2n) is 6.81. The highest BCUT2D eigenvalue weighted by Gasteiger charge is 2.36. The van der Waals surface area contributed by atoms with E-state index in [9.17, 15) is 4.79 Å². The van der Waals surface area contributed by atoms with Crippen LogP contribution in [0.1, 0.15) is 33.9 Å². The number of halogens is 1. The molecule has 1 aromatic carbocycles. The summed E-state index contributed by atoms with van der Waals surface area (Å²) in [6, 6.07) is 6.03. The predicted octanol–water partition coefficient (Wildman–Crippen LogP) is 2.27. The fraction of sp³-hybridized carbons (Fsp3) is 0.474. The van der Waals surface area contributed by atoms with Gasteiger partial charge in [-0.25, -0.2) is 4.98 Å². The Balaban J connectivity index is 0.00000225. The summed E-state index contributed by atoms with van der Waals surface area (Å²) in [6.07, 6.45) is 2.36. The van der Waals surface area contributed by atoms with Crippen molar-refractivity contribution in [3.05, 3.63) is 39.8 Å². The zero-order valence-electron chi connectivity index (χ0n) is 15.4. The lowest BCUT2D eigenvalue weighted by molar-refractivity contribution is 0.0486. The van der Waals surface area contributed by atoms with Crippen LogP contribution in [-0.2, 0) is 16.6 Å². The van der Waals surface area contributed by atoms with Gasteiger partial charge in [0.25, 0.3) is 5.91 Å². The van der Waals surface area contributed by atoms with Crippen LogP contribution in [0.25, 0.3) is 0 Å². The molecule has 0 atom stereocenters. The lowest BCUT2D eigenvalue weighted by Crippen LogP contribution is -2.44. The number of hydrogen-bond donors (Lipinski definition) is 2. The van der Waals surface area contributed by atoms with Crippen molar-refractivity contribution in [3.8, 4) is 11.5 Å². The molecule has 28 heavy (non-hydrogen) atoms. The molecule has 0 radical (unpaired) electrons. The van der Waals surface area contributed by atoms with Crippen LogP contribution in [0.4, 0.5) is 0 Å². The maximum atomic E-state index is 12.6. The second-order valence-corrected chi connectivity index (χ2v) is 7.75. The van der Waals surface area contributed by atoms with E-state index in [1.165, 1.54) is 11.3 Å². The van der Waals surface area contributed by atoms with Gasteiger partial charge in [0.2, 0.25) is 6.79 Å². The summed E-state index contributed by atoms with van der Waals surface area (Å²) in [7, 11) is 0. The van der Waals surface area contributed by atoms with Gasteiger partial charge in [-0.05, 0) is 37.1 Å². The van der Waals surface area contributed by atoms with Crippen molar-refractivity contribution >= 4 is 29.7 Å². The number of rotatable bonds is 6. The predicted molar refractivity (Wildman–Crippen MR) is 109 cm³/mol. The van der Waals surface area contributed by atoms with Crippen LogP contribution in [0.15, 0.2) is 23.6 Å². The monoisotopic (exact) mass is 425 g/mol. The Morgan fingerprint density at radius 1 is 1.25 bits per heavy atom. The van der Waals surface area contributed by atoms with Crippen LogP contribution < -0.4 is 20.5 Å². The summed E-state index contributed by atoms with van der Waals surface area (Å²) in [5.74, 6) is 1.37. The molecule has 0 aliphatic carbocycles. The average Bonchev–Trinajstić information content (AvgIpc) is 3.36. The molecule has 1 amide bonds. The number of carbonyl (C=O) groups excluding carboxylic acids is 1. The minimum Gasteiger partial charge on any atom is -0.454 e. The summed E-state index contributed by atoms with van der Waals surface area (Å²) in [5, 5.41) is 5.75. The van der Waals surface area contributed by atoms with Crippen molar-refractivity contribution in [1.29, 1.82) is 0 Å². The summed E-state index contributed by atoms with van der Waals surface area (Å²) >= 11 is 1.47. The average molecular weight is 426 g/mol. The molecule has 7 nitrogen and oxygen atoms in total. The first-order valence-electron chi connectivity index (χ1n) is 9.11. The van der Waals surface area contributed by atoms with E-state index in [0.717, 1.165) is 34.9 Å². The minimum absolute atomic E-state index is 0. The number of thiazole rings is 1. The van der Waals surface area contributed by atoms with Crippen LogP contribution in [0, 0.1) is 0 Å². The number of carbonyl (C=O) groups is 1. The van der Waals surface area contributed by atoms with E-state index in [1.807, 2.05) is 12.1 Å². The zero-order chi connectivity index (χ0) is 18.7. The highest BCUT2D eigenvalue weighted by atomic mass is 35.5. The van der Waals surface area contributed by atoms with E-state index in [2.05, 4.69) is 16.4 Å². The van der Waals surface area contributed by atoms with Gasteiger partial charge in [0, 0.05) is 37.0 Å². The summed E-state index contributed by atoms with van der Waals surface area (Å²) in [5.41, 5.74) is 6.96. The van der Waals surface area contributed by atoms with Crippen molar-refractivity contribution in [1.82, 2.24) is 10.3 Å². The van der Waals surface area contributed by atoms with Gasteiger partial charge in [-0.15, -0.1) is 23.7 Å². The molecule has 0 bridgehead atoms. The molecular weight excluding hydrogens is 402 g/mol. The molecule has 4 rings (SSSR count). The molecule has 2 aliphatic heterocycles. The van der Waals surface area contributed by atoms with Crippen molar-refractivity contribution < 1.29 is 19.0 Å². The van der Waals surface area contributed by atoms with Crippen LogP contribution in [0.2, 0.25) is 0 Å². The molecule has 2 aromatic rings. The van der Waals surface area contributed by atoms with Gasteiger partial charge < -0.3 is 25.3 Å². The zero-order valence-corrected chi connectivity index (χ0v) is 17.1. The number of nitrogens with zero attached hydrogens (tertiary/aromatic N) is 1. The van der Waals surface area contributed by atoms with Gasteiger partial charge in [-0.2, -0.15) is 0 Å². The maximum Gasteiger partial charge on any atom is 0.270 e. The maximum absolute atomic E-state index is 12.6. The van der Waals surface area contributed by atoms with Crippen molar-refractivity contribution in [2.24, 2.45) is 5.73 Å². The molecule has 1 saturated heterocycles. The lowest BCUT2D eigenvalue weighted by Gasteiger charge is -2.38.